The van der Waals surface area contributed by atoms with Gasteiger partial charge in [-0.15, -0.1) is 0 Å². The standard InChI is InChI=1S/C26H38N6O4/c1-17(2)28-24(34)30-19(14-15-32(6)7)18-12-13-22(27-16-18)23(33)29-20-10-8-9-11-21(20)31-25(35)36-26(3,4)5/h8-13,16-17,19H,14-15H2,1-7H3,(H,29,33)(H,31,35)(H2,28,30,34). The minimum atomic E-state index is -0.650. The Hall–Kier alpha value is -3.66. The van der Waals surface area contributed by atoms with Crippen LogP contribution in [0.3, 0.4) is 0 Å². The number of nitrogens with zero attached hydrogens (tertiary/aromatic N) is 2. The molecule has 0 aliphatic carbocycles. The Kier molecular flexibility index (Phi) is 10.2. The second kappa shape index (κ2) is 12.9. The van der Waals surface area contributed by atoms with Crippen molar-refractivity contribution in [2.45, 2.75) is 58.7 Å². The molecule has 2 aromatic rings. The van der Waals surface area contributed by atoms with Crippen LogP contribution >= 0.6 is 0 Å². The van der Waals surface area contributed by atoms with Crippen LogP contribution in [0, 0.1) is 0 Å². The summed E-state index contributed by atoms with van der Waals surface area (Å²) in [5.74, 6) is -0.435. The molecule has 1 atom stereocenters. The number of urea groups is 1. The number of hydrogen-bond acceptors (Lipinski definition) is 6. The van der Waals surface area contributed by atoms with E-state index in [0.717, 1.165) is 12.1 Å². The van der Waals surface area contributed by atoms with Gasteiger partial charge in [-0.3, -0.25) is 15.1 Å². The molecule has 0 aliphatic rings. The summed E-state index contributed by atoms with van der Waals surface area (Å²) in [5.41, 5.74) is 1.15. The lowest BCUT2D eigenvalue weighted by Crippen LogP contribution is -2.42. The number of aromatic nitrogens is 1. The number of hydrogen-bond donors (Lipinski definition) is 4. The Balaban J connectivity index is 2.13. The molecule has 1 aromatic heterocycles. The predicted octanol–water partition coefficient (Wildman–Crippen LogP) is 4.38. The van der Waals surface area contributed by atoms with Crippen molar-refractivity contribution in [2.75, 3.05) is 31.3 Å². The van der Waals surface area contributed by atoms with Crippen molar-refractivity contribution in [3.63, 3.8) is 0 Å². The number of ether oxygens (including phenoxy) is 1. The largest absolute Gasteiger partial charge is 0.444 e. The smallest absolute Gasteiger partial charge is 0.412 e. The highest BCUT2D eigenvalue weighted by Crippen LogP contribution is 2.23. The Labute approximate surface area is 213 Å². The number of para-hydroxylation sites is 2. The van der Waals surface area contributed by atoms with Gasteiger partial charge in [-0.1, -0.05) is 18.2 Å². The lowest BCUT2D eigenvalue weighted by atomic mass is 10.1. The summed E-state index contributed by atoms with van der Waals surface area (Å²) in [6.07, 6.45) is 1.65. The first kappa shape index (κ1) is 28.6. The van der Waals surface area contributed by atoms with Crippen LogP contribution in [-0.2, 0) is 4.74 Å². The highest BCUT2D eigenvalue weighted by molar-refractivity contribution is 6.05. The average Bonchev–Trinajstić information content (AvgIpc) is 2.76. The van der Waals surface area contributed by atoms with Crippen molar-refractivity contribution < 1.29 is 19.1 Å². The lowest BCUT2D eigenvalue weighted by molar-refractivity contribution is 0.0635. The number of benzene rings is 1. The van der Waals surface area contributed by atoms with Crippen molar-refractivity contribution >= 4 is 29.4 Å². The maximum Gasteiger partial charge on any atom is 0.412 e. The molecule has 1 aromatic carbocycles. The maximum atomic E-state index is 12.9. The van der Waals surface area contributed by atoms with Crippen molar-refractivity contribution in [3.8, 4) is 0 Å². The zero-order valence-corrected chi connectivity index (χ0v) is 22.1. The summed E-state index contributed by atoms with van der Waals surface area (Å²) in [5, 5.41) is 11.2. The molecule has 10 heteroatoms. The Morgan fingerprint density at radius 2 is 1.61 bits per heavy atom. The van der Waals surface area contributed by atoms with Gasteiger partial charge in [0.15, 0.2) is 0 Å². The van der Waals surface area contributed by atoms with Gasteiger partial charge in [0.05, 0.1) is 17.4 Å². The Morgan fingerprint density at radius 1 is 0.972 bits per heavy atom. The summed E-state index contributed by atoms with van der Waals surface area (Å²) in [6.45, 7) is 9.86. The normalized spacial score (nSPS) is 12.1. The van der Waals surface area contributed by atoms with E-state index >= 15 is 0 Å². The molecule has 10 nitrogen and oxygen atoms in total. The second-order valence-electron chi connectivity index (χ2n) is 10.0. The van der Waals surface area contributed by atoms with E-state index in [0.29, 0.717) is 17.8 Å². The van der Waals surface area contributed by atoms with Crippen LogP contribution in [0.2, 0.25) is 0 Å². The van der Waals surface area contributed by atoms with Crippen LogP contribution < -0.4 is 21.3 Å². The van der Waals surface area contributed by atoms with Gasteiger partial charge < -0.3 is 25.6 Å². The Morgan fingerprint density at radius 3 is 2.14 bits per heavy atom. The number of carbonyl (C=O) groups excluding carboxylic acids is 3. The van der Waals surface area contributed by atoms with Gasteiger partial charge in [0, 0.05) is 12.2 Å². The van der Waals surface area contributed by atoms with E-state index in [4.69, 9.17) is 4.74 Å². The first-order valence-corrected chi connectivity index (χ1v) is 11.9. The molecule has 0 aliphatic heterocycles. The summed E-state index contributed by atoms with van der Waals surface area (Å²) in [4.78, 5) is 43.7. The van der Waals surface area contributed by atoms with E-state index in [1.54, 1.807) is 63.4 Å². The summed E-state index contributed by atoms with van der Waals surface area (Å²) in [6, 6.07) is 9.70. The SMILES string of the molecule is CC(C)NC(=O)NC(CCN(C)C)c1ccc(C(=O)Nc2ccccc2NC(=O)OC(C)(C)C)nc1. The summed E-state index contributed by atoms with van der Waals surface area (Å²) >= 11 is 0. The van der Waals surface area contributed by atoms with Gasteiger partial charge in [-0.25, -0.2) is 9.59 Å². The Bertz CT molecular complexity index is 1030. The number of pyridine rings is 1. The molecule has 4 N–H and O–H groups in total. The number of rotatable bonds is 9. The topological polar surface area (TPSA) is 125 Å². The van der Waals surface area contributed by atoms with Gasteiger partial charge in [-0.05, 0) is 85.4 Å². The van der Waals surface area contributed by atoms with Crippen molar-refractivity contribution in [2.24, 2.45) is 0 Å². The van der Waals surface area contributed by atoms with Gasteiger partial charge >= 0.3 is 12.1 Å². The third-order valence-corrected chi connectivity index (χ3v) is 4.82. The summed E-state index contributed by atoms with van der Waals surface area (Å²) in [7, 11) is 3.93. The molecular weight excluding hydrogens is 460 g/mol. The van der Waals surface area contributed by atoms with Gasteiger partial charge in [0.25, 0.3) is 5.91 Å². The molecule has 2 rings (SSSR count). The third kappa shape index (κ3) is 9.91. The minimum absolute atomic E-state index is 0.0105. The number of carbonyl (C=O) groups is 3. The minimum Gasteiger partial charge on any atom is -0.444 e. The van der Waals surface area contributed by atoms with E-state index in [9.17, 15) is 14.4 Å². The van der Waals surface area contributed by atoms with Gasteiger partial charge in [0.1, 0.15) is 11.3 Å². The molecular formula is C26H38N6O4. The molecule has 1 unspecified atom stereocenters. The molecule has 196 valence electrons. The first-order chi connectivity index (χ1) is 16.8. The molecule has 0 radical (unpaired) electrons. The number of nitrogens with one attached hydrogen (secondary N) is 4. The van der Waals surface area contributed by atoms with Crippen LogP contribution in [0.25, 0.3) is 0 Å². The summed E-state index contributed by atoms with van der Waals surface area (Å²) < 4.78 is 5.29. The van der Waals surface area contributed by atoms with Crippen LogP contribution in [0.5, 0.6) is 0 Å². The van der Waals surface area contributed by atoms with Crippen LogP contribution in [-0.4, -0.2) is 60.2 Å². The lowest BCUT2D eigenvalue weighted by Gasteiger charge is -2.22. The highest BCUT2D eigenvalue weighted by Gasteiger charge is 2.19. The quantitative estimate of drug-likeness (QED) is 0.407. The molecule has 0 saturated heterocycles. The highest BCUT2D eigenvalue weighted by atomic mass is 16.6. The number of amides is 4. The zero-order valence-electron chi connectivity index (χ0n) is 22.1. The van der Waals surface area contributed by atoms with E-state index in [2.05, 4.69) is 26.3 Å². The fourth-order valence-corrected chi connectivity index (χ4v) is 3.22. The van der Waals surface area contributed by atoms with Crippen LogP contribution in [0.1, 0.15) is 63.1 Å². The van der Waals surface area contributed by atoms with Gasteiger partial charge in [0.2, 0.25) is 0 Å². The predicted molar refractivity (Wildman–Crippen MR) is 141 cm³/mol. The average molecular weight is 499 g/mol. The van der Waals surface area contributed by atoms with Crippen molar-refractivity contribution in [3.05, 3.63) is 53.9 Å². The molecule has 36 heavy (non-hydrogen) atoms. The van der Waals surface area contributed by atoms with E-state index in [1.807, 2.05) is 32.8 Å². The maximum absolute atomic E-state index is 12.9. The first-order valence-electron chi connectivity index (χ1n) is 11.9. The molecule has 4 amide bonds. The molecule has 0 spiro atoms. The van der Waals surface area contributed by atoms with Gasteiger partial charge in [-0.2, -0.15) is 0 Å². The van der Waals surface area contributed by atoms with Crippen LogP contribution in [0.15, 0.2) is 42.6 Å². The molecule has 0 fully saturated rings. The molecule has 1 heterocycles. The van der Waals surface area contributed by atoms with Crippen molar-refractivity contribution in [1.29, 1.82) is 0 Å². The zero-order chi connectivity index (χ0) is 26.9. The monoisotopic (exact) mass is 498 g/mol. The molecule has 0 bridgehead atoms. The molecule has 0 saturated carbocycles. The van der Waals surface area contributed by atoms with E-state index in [1.165, 1.54) is 0 Å². The fraction of sp³-hybridized carbons (Fsp3) is 0.462. The third-order valence-electron chi connectivity index (χ3n) is 4.82. The van der Waals surface area contributed by atoms with Crippen LogP contribution in [0.4, 0.5) is 21.0 Å². The van der Waals surface area contributed by atoms with Crippen molar-refractivity contribution in [1.82, 2.24) is 20.5 Å². The fourth-order valence-electron chi connectivity index (χ4n) is 3.22. The van der Waals surface area contributed by atoms with E-state index in [-0.39, 0.29) is 23.8 Å². The second-order valence-corrected chi connectivity index (χ2v) is 10.0. The van der Waals surface area contributed by atoms with E-state index < -0.39 is 17.6 Å². The number of anilines is 2.